The first-order chi connectivity index (χ1) is 12.6. The van der Waals surface area contributed by atoms with Crippen LogP contribution < -0.4 is 4.74 Å². The fourth-order valence-corrected chi connectivity index (χ4v) is 3.51. The Bertz CT molecular complexity index is 925. The molecule has 1 aliphatic rings. The zero-order valence-corrected chi connectivity index (χ0v) is 14.6. The van der Waals surface area contributed by atoms with Crippen LogP contribution in [0.3, 0.4) is 0 Å². The first-order valence-electron chi connectivity index (χ1n) is 8.79. The van der Waals surface area contributed by atoms with Crippen molar-refractivity contribution in [1.82, 2.24) is 14.3 Å². The highest BCUT2D eigenvalue weighted by molar-refractivity contribution is 5.68. The molecule has 3 aromatic rings. The standard InChI is InChI=1S/C20H21N3O3/c1-14-18(6-7-19-21-10-13-23(14)19)15-2-4-16(5-3-15)26-17-8-11-22(12-9-17)20(24)25/h2-7,10,13,17H,8-9,11-12H2,1H3,(H,24,25). The number of imidazole rings is 1. The number of hydrogen-bond donors (Lipinski definition) is 1. The molecule has 6 nitrogen and oxygen atoms in total. The van der Waals surface area contributed by atoms with E-state index >= 15 is 0 Å². The summed E-state index contributed by atoms with van der Waals surface area (Å²) < 4.78 is 8.11. The second-order valence-corrected chi connectivity index (χ2v) is 6.60. The first kappa shape index (κ1) is 16.4. The van der Waals surface area contributed by atoms with Crippen molar-refractivity contribution in [1.29, 1.82) is 0 Å². The number of carbonyl (C=O) groups is 1. The van der Waals surface area contributed by atoms with Crippen LogP contribution in [0.4, 0.5) is 4.79 Å². The largest absolute Gasteiger partial charge is 0.490 e. The molecule has 4 rings (SSSR count). The quantitative estimate of drug-likeness (QED) is 0.779. The molecular formula is C20H21N3O3. The average molecular weight is 351 g/mol. The summed E-state index contributed by atoms with van der Waals surface area (Å²) in [5.74, 6) is 0.823. The van der Waals surface area contributed by atoms with Gasteiger partial charge in [-0.2, -0.15) is 0 Å². The summed E-state index contributed by atoms with van der Waals surface area (Å²) in [6, 6.07) is 12.2. The smallest absolute Gasteiger partial charge is 0.407 e. The maximum absolute atomic E-state index is 11.0. The van der Waals surface area contributed by atoms with E-state index in [9.17, 15) is 4.79 Å². The Hall–Kier alpha value is -3.02. The topological polar surface area (TPSA) is 67.1 Å². The molecule has 6 heteroatoms. The third-order valence-corrected chi connectivity index (χ3v) is 5.00. The van der Waals surface area contributed by atoms with Gasteiger partial charge in [-0.3, -0.25) is 0 Å². The van der Waals surface area contributed by atoms with E-state index in [4.69, 9.17) is 9.84 Å². The fraction of sp³-hybridized carbons (Fsp3) is 0.300. The van der Waals surface area contributed by atoms with Crippen LogP contribution in [0.15, 0.2) is 48.8 Å². The van der Waals surface area contributed by atoms with Crippen LogP contribution in [0.2, 0.25) is 0 Å². The maximum Gasteiger partial charge on any atom is 0.407 e. The van der Waals surface area contributed by atoms with Crippen LogP contribution in [-0.4, -0.2) is 44.7 Å². The van der Waals surface area contributed by atoms with Crippen molar-refractivity contribution < 1.29 is 14.6 Å². The molecule has 0 bridgehead atoms. The molecule has 1 N–H and O–H groups in total. The zero-order valence-electron chi connectivity index (χ0n) is 14.6. The average Bonchev–Trinajstić information content (AvgIpc) is 3.13. The molecule has 134 valence electrons. The van der Waals surface area contributed by atoms with Crippen LogP contribution in [0.1, 0.15) is 18.5 Å². The number of aromatic nitrogens is 2. The molecule has 26 heavy (non-hydrogen) atoms. The molecule has 0 atom stereocenters. The minimum atomic E-state index is -0.849. The number of aryl methyl sites for hydroxylation is 1. The summed E-state index contributed by atoms with van der Waals surface area (Å²) in [6.07, 6.45) is 4.45. The Kier molecular flexibility index (Phi) is 4.24. The van der Waals surface area contributed by atoms with Gasteiger partial charge in [0, 0.05) is 49.6 Å². The molecule has 0 saturated carbocycles. The van der Waals surface area contributed by atoms with Gasteiger partial charge in [-0.25, -0.2) is 9.78 Å². The third kappa shape index (κ3) is 3.10. The molecule has 1 aromatic carbocycles. The van der Waals surface area contributed by atoms with Gasteiger partial charge in [-0.15, -0.1) is 0 Å². The number of fused-ring (bicyclic) bond motifs is 1. The van der Waals surface area contributed by atoms with Crippen molar-refractivity contribution in [2.75, 3.05) is 13.1 Å². The molecular weight excluding hydrogens is 330 g/mol. The molecule has 1 aliphatic heterocycles. The van der Waals surface area contributed by atoms with Gasteiger partial charge in [-0.05, 0) is 36.8 Å². The first-order valence-corrected chi connectivity index (χ1v) is 8.79. The summed E-state index contributed by atoms with van der Waals surface area (Å²) in [5.41, 5.74) is 4.39. The van der Waals surface area contributed by atoms with Crippen molar-refractivity contribution in [2.45, 2.75) is 25.9 Å². The van der Waals surface area contributed by atoms with E-state index in [2.05, 4.69) is 34.5 Å². The number of nitrogens with zero attached hydrogens (tertiary/aromatic N) is 3. The van der Waals surface area contributed by atoms with E-state index in [1.165, 1.54) is 4.90 Å². The number of hydrogen-bond acceptors (Lipinski definition) is 3. The Morgan fingerprint density at radius 1 is 1.15 bits per heavy atom. The summed E-state index contributed by atoms with van der Waals surface area (Å²) >= 11 is 0. The molecule has 0 radical (unpaired) electrons. The predicted molar refractivity (Wildman–Crippen MR) is 98.6 cm³/mol. The summed E-state index contributed by atoms with van der Waals surface area (Å²) in [7, 11) is 0. The lowest BCUT2D eigenvalue weighted by Crippen LogP contribution is -2.41. The van der Waals surface area contributed by atoms with Gasteiger partial charge >= 0.3 is 6.09 Å². The van der Waals surface area contributed by atoms with Crippen molar-refractivity contribution >= 4 is 11.7 Å². The van der Waals surface area contributed by atoms with E-state index in [0.29, 0.717) is 13.1 Å². The van der Waals surface area contributed by atoms with Gasteiger partial charge in [0.1, 0.15) is 17.5 Å². The summed E-state index contributed by atoms with van der Waals surface area (Å²) in [5, 5.41) is 9.01. The molecule has 1 saturated heterocycles. The van der Waals surface area contributed by atoms with Crippen molar-refractivity contribution in [3.63, 3.8) is 0 Å². The second kappa shape index (κ2) is 6.71. The number of rotatable bonds is 3. The van der Waals surface area contributed by atoms with Crippen LogP contribution in [0.25, 0.3) is 16.8 Å². The third-order valence-electron chi connectivity index (χ3n) is 5.00. The van der Waals surface area contributed by atoms with E-state index < -0.39 is 6.09 Å². The number of piperidine rings is 1. The molecule has 0 aliphatic carbocycles. The van der Waals surface area contributed by atoms with Gasteiger partial charge in [0.25, 0.3) is 0 Å². The molecule has 3 heterocycles. The second-order valence-electron chi connectivity index (χ2n) is 6.60. The Balaban J connectivity index is 1.47. The van der Waals surface area contributed by atoms with Crippen molar-refractivity contribution in [2.24, 2.45) is 0 Å². The van der Waals surface area contributed by atoms with Gasteiger partial charge in [-0.1, -0.05) is 12.1 Å². The maximum atomic E-state index is 11.0. The van der Waals surface area contributed by atoms with E-state index in [-0.39, 0.29) is 6.10 Å². The van der Waals surface area contributed by atoms with Crippen LogP contribution in [-0.2, 0) is 0 Å². The predicted octanol–water partition coefficient (Wildman–Crippen LogP) is 3.83. The number of pyridine rings is 1. The molecule has 1 fully saturated rings. The number of amides is 1. The van der Waals surface area contributed by atoms with Crippen LogP contribution in [0.5, 0.6) is 5.75 Å². The van der Waals surface area contributed by atoms with Gasteiger partial charge < -0.3 is 19.1 Å². The monoisotopic (exact) mass is 351 g/mol. The Morgan fingerprint density at radius 2 is 1.88 bits per heavy atom. The lowest BCUT2D eigenvalue weighted by Gasteiger charge is -2.30. The zero-order chi connectivity index (χ0) is 18.1. The summed E-state index contributed by atoms with van der Waals surface area (Å²) in [4.78, 5) is 16.7. The number of ether oxygens (including phenoxy) is 1. The Morgan fingerprint density at radius 3 is 2.58 bits per heavy atom. The fourth-order valence-electron chi connectivity index (χ4n) is 3.51. The molecule has 2 aromatic heterocycles. The van der Waals surface area contributed by atoms with E-state index in [1.807, 2.05) is 24.4 Å². The molecule has 0 spiro atoms. The highest BCUT2D eigenvalue weighted by Gasteiger charge is 2.23. The van der Waals surface area contributed by atoms with Crippen molar-refractivity contribution in [3.05, 3.63) is 54.5 Å². The van der Waals surface area contributed by atoms with E-state index in [0.717, 1.165) is 41.1 Å². The van der Waals surface area contributed by atoms with Crippen LogP contribution in [0, 0.1) is 6.92 Å². The minimum absolute atomic E-state index is 0.0699. The number of benzene rings is 1. The lowest BCUT2D eigenvalue weighted by atomic mass is 10.0. The number of likely N-dealkylation sites (tertiary alicyclic amines) is 1. The summed E-state index contributed by atoms with van der Waals surface area (Å²) in [6.45, 7) is 3.15. The Labute approximate surface area is 151 Å². The molecule has 1 amide bonds. The SMILES string of the molecule is Cc1c(-c2ccc(OC3CCN(C(=O)O)CC3)cc2)ccc2nccn12. The highest BCUT2D eigenvalue weighted by Crippen LogP contribution is 2.27. The lowest BCUT2D eigenvalue weighted by molar-refractivity contribution is 0.0895. The van der Waals surface area contributed by atoms with Gasteiger partial charge in [0.15, 0.2) is 0 Å². The normalized spacial score (nSPS) is 15.3. The minimum Gasteiger partial charge on any atom is -0.490 e. The van der Waals surface area contributed by atoms with Crippen LogP contribution >= 0.6 is 0 Å². The van der Waals surface area contributed by atoms with Gasteiger partial charge in [0.2, 0.25) is 0 Å². The highest BCUT2D eigenvalue weighted by atomic mass is 16.5. The van der Waals surface area contributed by atoms with Crippen molar-refractivity contribution in [3.8, 4) is 16.9 Å². The van der Waals surface area contributed by atoms with Gasteiger partial charge in [0.05, 0.1) is 0 Å². The number of carboxylic acid groups (broad SMARTS) is 1. The molecule has 0 unspecified atom stereocenters. The van der Waals surface area contributed by atoms with E-state index in [1.54, 1.807) is 6.20 Å².